The van der Waals surface area contributed by atoms with E-state index in [4.69, 9.17) is 16.2 Å². The van der Waals surface area contributed by atoms with Crippen LogP contribution in [0.25, 0.3) is 0 Å². The SMILES string of the molecule is COC1CCC(CCN)CC1N. The Morgan fingerprint density at radius 2 is 2.17 bits per heavy atom. The molecule has 0 spiro atoms. The molecule has 1 aliphatic rings. The first-order chi connectivity index (χ1) is 5.77. The fraction of sp³-hybridized carbons (Fsp3) is 1.00. The van der Waals surface area contributed by atoms with Crippen LogP contribution in [-0.4, -0.2) is 25.8 Å². The monoisotopic (exact) mass is 172 g/mol. The predicted octanol–water partition coefficient (Wildman–Crippen LogP) is 0.478. The van der Waals surface area contributed by atoms with Crippen LogP contribution >= 0.6 is 0 Å². The molecule has 1 fully saturated rings. The van der Waals surface area contributed by atoms with Crippen LogP contribution in [0.5, 0.6) is 0 Å². The third-order valence-electron chi connectivity index (χ3n) is 2.82. The third kappa shape index (κ3) is 2.44. The smallest absolute Gasteiger partial charge is 0.0722 e. The maximum atomic E-state index is 5.94. The summed E-state index contributed by atoms with van der Waals surface area (Å²) in [6.45, 7) is 0.787. The number of hydrogen-bond donors (Lipinski definition) is 2. The Balaban J connectivity index is 2.30. The summed E-state index contributed by atoms with van der Waals surface area (Å²) in [5.41, 5.74) is 11.4. The van der Waals surface area contributed by atoms with Crippen molar-refractivity contribution >= 4 is 0 Å². The van der Waals surface area contributed by atoms with Gasteiger partial charge in [-0.25, -0.2) is 0 Å². The van der Waals surface area contributed by atoms with E-state index in [2.05, 4.69) is 0 Å². The van der Waals surface area contributed by atoms with Gasteiger partial charge in [0.15, 0.2) is 0 Å². The lowest BCUT2D eigenvalue weighted by Crippen LogP contribution is -2.41. The summed E-state index contributed by atoms with van der Waals surface area (Å²) in [7, 11) is 1.74. The summed E-state index contributed by atoms with van der Waals surface area (Å²) < 4.78 is 5.27. The van der Waals surface area contributed by atoms with Gasteiger partial charge < -0.3 is 16.2 Å². The Kier molecular flexibility index (Phi) is 3.98. The lowest BCUT2D eigenvalue weighted by molar-refractivity contribution is 0.0389. The van der Waals surface area contributed by atoms with Gasteiger partial charge in [0.05, 0.1) is 6.10 Å². The Morgan fingerprint density at radius 1 is 1.42 bits per heavy atom. The molecule has 0 amide bonds. The fourth-order valence-electron chi connectivity index (χ4n) is 2.06. The minimum Gasteiger partial charge on any atom is -0.380 e. The van der Waals surface area contributed by atoms with Crippen molar-refractivity contribution < 1.29 is 4.74 Å². The van der Waals surface area contributed by atoms with Crippen molar-refractivity contribution in [1.29, 1.82) is 0 Å². The van der Waals surface area contributed by atoms with Gasteiger partial charge >= 0.3 is 0 Å². The molecule has 0 radical (unpaired) electrons. The van der Waals surface area contributed by atoms with Gasteiger partial charge in [-0.15, -0.1) is 0 Å². The summed E-state index contributed by atoms with van der Waals surface area (Å²) >= 11 is 0. The highest BCUT2D eigenvalue weighted by Crippen LogP contribution is 2.26. The van der Waals surface area contributed by atoms with Crippen LogP contribution in [0.2, 0.25) is 0 Å². The minimum atomic E-state index is 0.222. The molecule has 1 saturated carbocycles. The van der Waals surface area contributed by atoms with Gasteiger partial charge in [0.2, 0.25) is 0 Å². The standard InChI is InChI=1S/C9H20N2O/c1-12-9-3-2-7(4-5-10)6-8(9)11/h7-9H,2-6,10-11H2,1H3. The van der Waals surface area contributed by atoms with E-state index in [1.165, 1.54) is 6.42 Å². The zero-order valence-corrected chi connectivity index (χ0v) is 7.83. The molecule has 3 nitrogen and oxygen atoms in total. The van der Waals surface area contributed by atoms with Crippen molar-refractivity contribution in [1.82, 2.24) is 0 Å². The normalized spacial score (nSPS) is 36.8. The molecule has 0 heterocycles. The van der Waals surface area contributed by atoms with Gasteiger partial charge in [-0.1, -0.05) is 0 Å². The number of hydrogen-bond acceptors (Lipinski definition) is 3. The first kappa shape index (κ1) is 9.96. The van der Waals surface area contributed by atoms with Crippen molar-refractivity contribution in [2.45, 2.75) is 37.8 Å². The second-order valence-electron chi connectivity index (χ2n) is 3.69. The summed E-state index contributed by atoms with van der Waals surface area (Å²) in [4.78, 5) is 0. The van der Waals surface area contributed by atoms with E-state index in [0.29, 0.717) is 0 Å². The lowest BCUT2D eigenvalue weighted by Gasteiger charge is -2.32. The van der Waals surface area contributed by atoms with Crippen molar-refractivity contribution in [3.05, 3.63) is 0 Å². The zero-order chi connectivity index (χ0) is 8.97. The van der Waals surface area contributed by atoms with Gasteiger partial charge in [-0.05, 0) is 38.1 Å². The molecular weight excluding hydrogens is 152 g/mol. The summed E-state index contributed by atoms with van der Waals surface area (Å²) in [6, 6.07) is 0.222. The molecular formula is C9H20N2O. The largest absolute Gasteiger partial charge is 0.380 e. The molecule has 0 aromatic heterocycles. The molecule has 72 valence electrons. The number of nitrogens with two attached hydrogens (primary N) is 2. The van der Waals surface area contributed by atoms with E-state index in [0.717, 1.165) is 31.7 Å². The van der Waals surface area contributed by atoms with E-state index in [1.54, 1.807) is 7.11 Å². The number of ether oxygens (including phenoxy) is 1. The zero-order valence-electron chi connectivity index (χ0n) is 7.83. The molecule has 4 N–H and O–H groups in total. The lowest BCUT2D eigenvalue weighted by atomic mass is 9.82. The van der Waals surface area contributed by atoms with Gasteiger partial charge in [-0.3, -0.25) is 0 Å². The molecule has 0 bridgehead atoms. The van der Waals surface area contributed by atoms with Crippen LogP contribution in [0.1, 0.15) is 25.7 Å². The van der Waals surface area contributed by atoms with E-state index < -0.39 is 0 Å². The third-order valence-corrected chi connectivity index (χ3v) is 2.82. The highest BCUT2D eigenvalue weighted by molar-refractivity contribution is 4.83. The van der Waals surface area contributed by atoms with Crippen molar-refractivity contribution in [2.75, 3.05) is 13.7 Å². The van der Waals surface area contributed by atoms with Crippen LogP contribution in [0.3, 0.4) is 0 Å². The van der Waals surface area contributed by atoms with Crippen LogP contribution < -0.4 is 11.5 Å². The minimum absolute atomic E-state index is 0.222. The van der Waals surface area contributed by atoms with Gasteiger partial charge in [-0.2, -0.15) is 0 Å². The Morgan fingerprint density at radius 3 is 2.67 bits per heavy atom. The average molecular weight is 172 g/mol. The van der Waals surface area contributed by atoms with E-state index in [-0.39, 0.29) is 12.1 Å². The van der Waals surface area contributed by atoms with Gasteiger partial charge in [0.25, 0.3) is 0 Å². The average Bonchev–Trinajstić information content (AvgIpc) is 2.05. The highest BCUT2D eigenvalue weighted by Gasteiger charge is 2.26. The Bertz CT molecular complexity index is 130. The molecule has 3 unspecified atom stereocenters. The summed E-state index contributed by atoms with van der Waals surface area (Å²) in [5, 5.41) is 0. The van der Waals surface area contributed by atoms with Gasteiger partial charge in [0.1, 0.15) is 0 Å². The topological polar surface area (TPSA) is 61.3 Å². The fourth-order valence-corrected chi connectivity index (χ4v) is 2.06. The molecule has 3 atom stereocenters. The summed E-state index contributed by atoms with van der Waals surface area (Å²) in [6.07, 6.45) is 4.80. The van der Waals surface area contributed by atoms with Crippen LogP contribution in [0.15, 0.2) is 0 Å². The molecule has 0 aliphatic heterocycles. The molecule has 0 aromatic rings. The molecule has 1 rings (SSSR count). The van der Waals surface area contributed by atoms with Crippen molar-refractivity contribution in [2.24, 2.45) is 17.4 Å². The number of rotatable bonds is 3. The summed E-state index contributed by atoms with van der Waals surface area (Å²) in [5.74, 6) is 0.733. The highest BCUT2D eigenvalue weighted by atomic mass is 16.5. The van der Waals surface area contributed by atoms with E-state index in [1.807, 2.05) is 0 Å². The van der Waals surface area contributed by atoms with E-state index in [9.17, 15) is 0 Å². The quantitative estimate of drug-likeness (QED) is 0.651. The van der Waals surface area contributed by atoms with Crippen LogP contribution in [-0.2, 0) is 4.74 Å². The van der Waals surface area contributed by atoms with E-state index >= 15 is 0 Å². The molecule has 1 aliphatic carbocycles. The van der Waals surface area contributed by atoms with Crippen molar-refractivity contribution in [3.63, 3.8) is 0 Å². The molecule has 0 saturated heterocycles. The maximum absolute atomic E-state index is 5.94. The van der Waals surface area contributed by atoms with Gasteiger partial charge in [0, 0.05) is 13.2 Å². The Hall–Kier alpha value is -0.120. The molecule has 12 heavy (non-hydrogen) atoms. The van der Waals surface area contributed by atoms with Crippen LogP contribution in [0, 0.1) is 5.92 Å². The first-order valence-corrected chi connectivity index (χ1v) is 4.76. The second kappa shape index (κ2) is 4.80. The van der Waals surface area contributed by atoms with Crippen molar-refractivity contribution in [3.8, 4) is 0 Å². The predicted molar refractivity (Wildman–Crippen MR) is 49.8 cm³/mol. The maximum Gasteiger partial charge on any atom is 0.0722 e. The number of methoxy groups -OCH3 is 1. The second-order valence-corrected chi connectivity index (χ2v) is 3.69. The Labute approximate surface area is 74.4 Å². The molecule has 3 heteroatoms. The molecule has 0 aromatic carbocycles. The first-order valence-electron chi connectivity index (χ1n) is 4.76. The van der Waals surface area contributed by atoms with Crippen LogP contribution in [0.4, 0.5) is 0 Å².